The van der Waals surface area contributed by atoms with Gasteiger partial charge in [0.1, 0.15) is 22.3 Å². The Hall–Kier alpha value is -13.5. The first-order valence-electron chi connectivity index (χ1n) is 36.3. The van der Waals surface area contributed by atoms with Gasteiger partial charge in [-0.15, -0.1) is 0 Å². The predicted molar refractivity (Wildman–Crippen MR) is 462 cm³/mol. The van der Waals surface area contributed by atoms with Crippen LogP contribution in [0.2, 0.25) is 5.02 Å². The molecule has 0 spiro atoms. The quantitative estimate of drug-likeness (QED) is 0.0938. The van der Waals surface area contributed by atoms with Crippen molar-refractivity contribution in [1.82, 2.24) is 0 Å². The fourth-order valence-electron chi connectivity index (χ4n) is 15.2. The summed E-state index contributed by atoms with van der Waals surface area (Å²) in [6.07, 6.45) is 0. The molecule has 2 heterocycles. The Morgan fingerprint density at radius 2 is 0.541 bits per heavy atom. The van der Waals surface area contributed by atoms with Crippen LogP contribution in [0.3, 0.4) is 0 Å². The molecule has 0 fully saturated rings. The number of halogens is 1. The predicted octanol–water partition coefficient (Wildman–Crippen LogP) is 27.7. The molecule has 0 aliphatic carbocycles. The second-order valence-electron chi connectivity index (χ2n) is 27.0. The first-order chi connectivity index (χ1) is 53.3. The molecule has 0 aliphatic heterocycles. The fraction of sp³-hybridized carbons (Fsp3) is 0.00990. The number of fused-ring (bicyclic) bond motifs is 14. The lowest BCUT2D eigenvalue weighted by atomic mass is 9.79. The van der Waals surface area contributed by atoms with Crippen LogP contribution in [-0.4, -0.2) is 17.2 Å². The van der Waals surface area contributed by atoms with Crippen molar-refractivity contribution in [2.24, 2.45) is 0 Å². The molecule has 0 unspecified atom stereocenters. The summed E-state index contributed by atoms with van der Waals surface area (Å²) in [5.74, 6) is 0. The molecule has 8 heteroatoms. The highest BCUT2D eigenvalue weighted by molar-refractivity contribution is 6.62. The van der Waals surface area contributed by atoms with Gasteiger partial charge in [-0.25, -0.2) is 0 Å². The standard InChI is InChI=1S/C50H33NO.C30H22ClN.C20H13BO3.CH4/c1-3-12-34(13-4-1)39-17-9-19-42(32-39)51(43-20-10-18-40(33-43)35-14-5-2-6-15-35)41-29-26-37(27-30-41)45-22-11-23-46-47-31-28-38-25-24-36-16-7-8-21-44(36)48(38)50(47)52-49(45)46;31-27-17-19-28(20-18-27)32(29-15-7-13-25(21-29)23-9-3-1-4-10-23)30-16-8-14-26(22-30)24-11-5-2-6-12-24;22-21(23)17-7-3-6-15-16-11-10-13-9-8-12-4-1-2-5-14(12)18(13)20(16)24-19(15)17;/h1-33H;1-22H;1-11,22-23H;1H4. The molecule has 109 heavy (non-hydrogen) atoms. The van der Waals surface area contributed by atoms with Crippen molar-refractivity contribution in [2.75, 3.05) is 9.80 Å². The molecule has 2 N–H and O–H groups in total. The third-order valence-electron chi connectivity index (χ3n) is 20.4. The average molecular weight is 1420 g/mol. The van der Waals surface area contributed by atoms with Gasteiger partial charge in [-0.2, -0.15) is 0 Å². The van der Waals surface area contributed by atoms with E-state index < -0.39 is 7.12 Å². The summed E-state index contributed by atoms with van der Waals surface area (Å²) < 4.78 is 13.0. The van der Waals surface area contributed by atoms with E-state index in [1.165, 1.54) is 66.1 Å². The lowest BCUT2D eigenvalue weighted by Gasteiger charge is -2.27. The summed E-state index contributed by atoms with van der Waals surface area (Å²) in [7, 11) is -1.56. The Balaban J connectivity index is 0.000000130. The molecule has 0 saturated heterocycles. The van der Waals surface area contributed by atoms with Crippen LogP contribution in [0.5, 0.6) is 0 Å². The normalized spacial score (nSPS) is 11.2. The second-order valence-corrected chi connectivity index (χ2v) is 27.4. The summed E-state index contributed by atoms with van der Waals surface area (Å²) in [5.41, 5.74) is 21.8. The van der Waals surface area contributed by atoms with Gasteiger partial charge in [-0.1, -0.05) is 322 Å². The van der Waals surface area contributed by atoms with Crippen molar-refractivity contribution in [1.29, 1.82) is 0 Å². The van der Waals surface area contributed by atoms with Gasteiger partial charge in [-0.05, 0) is 179 Å². The van der Waals surface area contributed by atoms with E-state index in [1.54, 1.807) is 6.07 Å². The van der Waals surface area contributed by atoms with Crippen LogP contribution < -0.4 is 15.3 Å². The SMILES string of the molecule is C.Clc1ccc(N(c2cccc(-c3ccccc3)c2)c2cccc(-c3ccccc3)c2)cc1.OB(O)c1cccc2c1oc1c2ccc2ccc3ccccc3c21.c1ccc(-c2cccc(N(c3ccc(-c4cccc5c4oc4c5ccc5ccc6ccccc6c54)cc3)c3cccc(-c4ccccc4)c3)c2)cc1. The summed E-state index contributed by atoms with van der Waals surface area (Å²) >= 11 is 6.20. The first kappa shape index (κ1) is 68.6. The molecular weight excluding hydrogens is 1350 g/mol. The molecule has 18 aromatic carbocycles. The highest BCUT2D eigenvalue weighted by atomic mass is 35.5. The maximum Gasteiger partial charge on any atom is 0.492 e. The van der Waals surface area contributed by atoms with E-state index >= 15 is 0 Å². The number of furan rings is 2. The summed E-state index contributed by atoms with van der Waals surface area (Å²) in [6, 6.07) is 140. The third-order valence-corrected chi connectivity index (χ3v) is 20.7. The van der Waals surface area contributed by atoms with Crippen molar-refractivity contribution in [3.8, 4) is 55.6 Å². The minimum Gasteiger partial charge on any atom is -0.456 e. The van der Waals surface area contributed by atoms with Crippen molar-refractivity contribution in [3.63, 3.8) is 0 Å². The Labute approximate surface area is 638 Å². The summed E-state index contributed by atoms with van der Waals surface area (Å²) in [5, 5.41) is 33.3. The molecule has 0 radical (unpaired) electrons. The Morgan fingerprint density at radius 1 is 0.229 bits per heavy atom. The number of anilines is 6. The van der Waals surface area contributed by atoms with Crippen LogP contribution in [0.25, 0.3) is 143 Å². The monoisotopic (exact) mass is 1420 g/mol. The van der Waals surface area contributed by atoms with Gasteiger partial charge >= 0.3 is 7.12 Å². The maximum absolute atomic E-state index is 9.63. The molecule has 20 aromatic rings. The van der Waals surface area contributed by atoms with E-state index in [0.717, 1.165) is 110 Å². The van der Waals surface area contributed by atoms with E-state index in [-0.39, 0.29) is 7.43 Å². The number of para-hydroxylation sites is 2. The molecule has 20 rings (SSSR count). The van der Waals surface area contributed by atoms with Gasteiger partial charge in [0.25, 0.3) is 0 Å². The highest BCUT2D eigenvalue weighted by Crippen LogP contribution is 2.45. The van der Waals surface area contributed by atoms with Crippen LogP contribution in [-0.2, 0) is 0 Å². The molecule has 0 aliphatic rings. The molecule has 6 nitrogen and oxygen atoms in total. The minimum absolute atomic E-state index is 0. The zero-order chi connectivity index (χ0) is 72.4. The van der Waals surface area contributed by atoms with Crippen LogP contribution in [0.4, 0.5) is 34.1 Å². The fourth-order valence-corrected chi connectivity index (χ4v) is 15.4. The number of nitrogens with zero attached hydrogens (tertiary/aromatic N) is 2. The van der Waals surface area contributed by atoms with Crippen molar-refractivity contribution in [2.45, 2.75) is 7.43 Å². The number of rotatable bonds is 12. The van der Waals surface area contributed by atoms with Gasteiger partial charge < -0.3 is 28.7 Å². The summed E-state index contributed by atoms with van der Waals surface area (Å²) in [6.45, 7) is 0. The smallest absolute Gasteiger partial charge is 0.456 e. The van der Waals surface area contributed by atoms with Crippen molar-refractivity contribution < 1.29 is 18.9 Å². The molecule has 0 atom stereocenters. The molecule has 0 amide bonds. The third kappa shape index (κ3) is 13.5. The zero-order valence-corrected chi connectivity index (χ0v) is 59.4. The molecule has 520 valence electrons. The summed E-state index contributed by atoms with van der Waals surface area (Å²) in [4.78, 5) is 4.62. The number of hydrogen-bond donors (Lipinski definition) is 2. The van der Waals surface area contributed by atoms with Gasteiger partial charge in [0.05, 0.1) is 0 Å². The van der Waals surface area contributed by atoms with Crippen LogP contribution in [0.15, 0.2) is 409 Å². The first-order valence-corrected chi connectivity index (χ1v) is 36.6. The molecular formula is C101H72BClN2O4. The van der Waals surface area contributed by atoms with E-state index in [2.05, 4.69) is 350 Å². The van der Waals surface area contributed by atoms with Crippen molar-refractivity contribution >= 4 is 145 Å². The van der Waals surface area contributed by atoms with E-state index in [1.807, 2.05) is 54.6 Å². The van der Waals surface area contributed by atoms with Crippen LogP contribution in [0.1, 0.15) is 7.43 Å². The Morgan fingerprint density at radius 3 is 0.954 bits per heavy atom. The van der Waals surface area contributed by atoms with E-state index in [4.69, 9.17) is 20.4 Å². The Bertz CT molecular complexity index is 6500. The molecule has 0 bridgehead atoms. The molecule has 2 aromatic heterocycles. The Kier molecular flexibility index (Phi) is 19.0. The van der Waals surface area contributed by atoms with Crippen LogP contribution in [0, 0.1) is 0 Å². The largest absolute Gasteiger partial charge is 0.492 e. The van der Waals surface area contributed by atoms with Crippen molar-refractivity contribution in [3.05, 3.63) is 405 Å². The maximum atomic E-state index is 9.63. The van der Waals surface area contributed by atoms with E-state index in [9.17, 15) is 10.0 Å². The lowest BCUT2D eigenvalue weighted by molar-refractivity contribution is 0.425. The van der Waals surface area contributed by atoms with Gasteiger partial charge in [0, 0.05) is 82.5 Å². The second kappa shape index (κ2) is 30.1. The van der Waals surface area contributed by atoms with Gasteiger partial charge in [0.2, 0.25) is 0 Å². The lowest BCUT2D eigenvalue weighted by Crippen LogP contribution is -2.29. The van der Waals surface area contributed by atoms with Crippen LogP contribution >= 0.6 is 11.6 Å². The minimum atomic E-state index is -1.56. The topological polar surface area (TPSA) is 73.2 Å². The number of hydrogen-bond acceptors (Lipinski definition) is 6. The number of benzene rings is 18. The van der Waals surface area contributed by atoms with Gasteiger partial charge in [0.15, 0.2) is 0 Å². The zero-order valence-electron chi connectivity index (χ0n) is 58.7. The van der Waals surface area contributed by atoms with E-state index in [0.29, 0.717) is 11.0 Å². The average Bonchev–Trinajstić information content (AvgIpc) is 1.64. The highest BCUT2D eigenvalue weighted by Gasteiger charge is 2.23. The molecule has 0 saturated carbocycles. The van der Waals surface area contributed by atoms with Gasteiger partial charge in [-0.3, -0.25) is 0 Å².